The molecule has 0 spiro atoms. The van der Waals surface area contributed by atoms with E-state index in [2.05, 4.69) is 10.3 Å². The lowest BCUT2D eigenvalue weighted by Crippen LogP contribution is -2.21. The fourth-order valence-corrected chi connectivity index (χ4v) is 1.44. The van der Waals surface area contributed by atoms with Crippen molar-refractivity contribution in [1.82, 2.24) is 4.98 Å². The van der Waals surface area contributed by atoms with E-state index in [4.69, 9.17) is 16.2 Å². The Morgan fingerprint density at radius 2 is 2.39 bits per heavy atom. The number of carbonyl (C=O) groups excluding carboxylic acids is 1. The quantitative estimate of drug-likeness (QED) is 0.523. The molecule has 0 bridgehead atoms. The van der Waals surface area contributed by atoms with Gasteiger partial charge >= 0.3 is 0 Å². The van der Waals surface area contributed by atoms with Gasteiger partial charge in [-0.05, 0) is 12.5 Å². The van der Waals surface area contributed by atoms with E-state index in [9.17, 15) is 9.90 Å². The number of hydrogen-bond donors (Lipinski definition) is 4. The van der Waals surface area contributed by atoms with Gasteiger partial charge in [0.25, 0.3) is 5.91 Å². The summed E-state index contributed by atoms with van der Waals surface area (Å²) < 4.78 is 4.80. The molecule has 0 aliphatic carbocycles. The second-order valence-corrected chi connectivity index (χ2v) is 3.85. The minimum Gasteiger partial charge on any atom is -0.397 e. The number of methoxy groups -OCH3 is 1. The highest BCUT2D eigenvalue weighted by molar-refractivity contribution is 5.98. The lowest BCUT2D eigenvalue weighted by molar-refractivity contribution is 0.0615. The fourth-order valence-electron chi connectivity index (χ4n) is 1.44. The summed E-state index contributed by atoms with van der Waals surface area (Å²) in [7, 11) is 1.52. The third kappa shape index (κ3) is 4.19. The van der Waals surface area contributed by atoms with Gasteiger partial charge in [-0.15, -0.1) is 0 Å². The molecule has 0 fully saturated rings. The maximum absolute atomic E-state index is 11.2. The van der Waals surface area contributed by atoms with Crippen LogP contribution in [0, 0.1) is 0 Å². The summed E-state index contributed by atoms with van der Waals surface area (Å²) >= 11 is 0. The van der Waals surface area contributed by atoms with Crippen molar-refractivity contribution >= 4 is 17.4 Å². The molecule has 6 N–H and O–H groups in total. The smallest absolute Gasteiger partial charge is 0.252 e. The minimum absolute atomic E-state index is 0.233. The van der Waals surface area contributed by atoms with E-state index in [1.54, 1.807) is 0 Å². The number of rotatable bonds is 7. The molecule has 1 atom stereocenters. The Hall–Kier alpha value is -1.86. The highest BCUT2D eigenvalue weighted by Crippen LogP contribution is 2.14. The number of ether oxygens (including phenoxy) is 1. The van der Waals surface area contributed by atoms with Crippen molar-refractivity contribution in [1.29, 1.82) is 0 Å². The van der Waals surface area contributed by atoms with E-state index in [0.717, 1.165) is 0 Å². The summed E-state index contributed by atoms with van der Waals surface area (Å²) in [4.78, 5) is 15.2. The Labute approximate surface area is 105 Å². The van der Waals surface area contributed by atoms with Gasteiger partial charge in [-0.1, -0.05) is 0 Å². The largest absolute Gasteiger partial charge is 0.397 e. The van der Waals surface area contributed by atoms with Gasteiger partial charge in [0.15, 0.2) is 0 Å². The molecule has 0 aliphatic rings. The zero-order chi connectivity index (χ0) is 13.5. The SMILES string of the molecule is COCC(O)CCNc1ncc(N)cc1C(N)=O. The van der Waals surface area contributed by atoms with Crippen LogP contribution in [0.3, 0.4) is 0 Å². The summed E-state index contributed by atoms with van der Waals surface area (Å²) in [5.74, 6) is -0.240. The van der Waals surface area contributed by atoms with Crippen molar-refractivity contribution in [2.45, 2.75) is 12.5 Å². The average molecular weight is 254 g/mol. The van der Waals surface area contributed by atoms with Crippen LogP contribution >= 0.6 is 0 Å². The lowest BCUT2D eigenvalue weighted by atomic mass is 10.2. The number of nitrogen functional groups attached to an aromatic ring is 1. The molecular weight excluding hydrogens is 236 g/mol. The van der Waals surface area contributed by atoms with Crippen LogP contribution in [0.15, 0.2) is 12.3 Å². The Bertz CT molecular complexity index is 411. The first-order valence-corrected chi connectivity index (χ1v) is 5.50. The van der Waals surface area contributed by atoms with Crippen LogP contribution in [0.25, 0.3) is 0 Å². The van der Waals surface area contributed by atoms with E-state index in [-0.39, 0.29) is 12.2 Å². The molecule has 0 saturated carbocycles. The summed E-state index contributed by atoms with van der Waals surface area (Å²) in [6.45, 7) is 0.710. The number of aromatic nitrogens is 1. The number of nitrogens with zero attached hydrogens (tertiary/aromatic N) is 1. The molecule has 1 rings (SSSR count). The molecule has 0 saturated heterocycles. The van der Waals surface area contributed by atoms with Gasteiger partial charge in [0.2, 0.25) is 0 Å². The van der Waals surface area contributed by atoms with Gasteiger partial charge in [-0.2, -0.15) is 0 Å². The minimum atomic E-state index is -0.602. The van der Waals surface area contributed by atoms with Gasteiger partial charge in [0.1, 0.15) is 5.82 Å². The predicted molar refractivity (Wildman–Crippen MR) is 68.2 cm³/mol. The van der Waals surface area contributed by atoms with E-state index < -0.39 is 12.0 Å². The van der Waals surface area contributed by atoms with Gasteiger partial charge in [0.05, 0.1) is 30.2 Å². The molecule has 0 aromatic carbocycles. The molecule has 1 amide bonds. The Morgan fingerprint density at radius 3 is 3.00 bits per heavy atom. The molecule has 1 unspecified atom stereocenters. The highest BCUT2D eigenvalue weighted by atomic mass is 16.5. The van der Waals surface area contributed by atoms with Crippen LogP contribution in [-0.2, 0) is 4.74 Å². The van der Waals surface area contributed by atoms with Crippen LogP contribution in [0.2, 0.25) is 0 Å². The van der Waals surface area contributed by atoms with Crippen molar-refractivity contribution in [3.8, 4) is 0 Å². The van der Waals surface area contributed by atoms with Gasteiger partial charge in [-0.3, -0.25) is 4.79 Å². The van der Waals surface area contributed by atoms with Crippen LogP contribution in [-0.4, -0.2) is 42.4 Å². The van der Waals surface area contributed by atoms with Crippen molar-refractivity contribution in [3.05, 3.63) is 17.8 Å². The molecule has 1 aromatic rings. The number of anilines is 2. The van der Waals surface area contributed by atoms with Crippen molar-refractivity contribution in [3.63, 3.8) is 0 Å². The number of aliphatic hydroxyl groups excluding tert-OH is 1. The van der Waals surface area contributed by atoms with Gasteiger partial charge < -0.3 is 26.6 Å². The van der Waals surface area contributed by atoms with E-state index >= 15 is 0 Å². The summed E-state index contributed by atoms with van der Waals surface area (Å²) in [5.41, 5.74) is 11.3. The first kappa shape index (κ1) is 14.2. The summed E-state index contributed by atoms with van der Waals surface area (Å²) in [6, 6.07) is 1.46. The molecule has 0 aliphatic heterocycles. The highest BCUT2D eigenvalue weighted by Gasteiger charge is 2.10. The Morgan fingerprint density at radius 1 is 1.67 bits per heavy atom. The zero-order valence-electron chi connectivity index (χ0n) is 10.2. The molecule has 7 nitrogen and oxygen atoms in total. The number of pyridine rings is 1. The summed E-state index contributed by atoms with van der Waals surface area (Å²) in [5, 5.41) is 12.4. The van der Waals surface area contributed by atoms with E-state index in [1.807, 2.05) is 0 Å². The number of hydrogen-bond acceptors (Lipinski definition) is 6. The summed E-state index contributed by atoms with van der Waals surface area (Å²) in [6.07, 6.45) is 1.34. The van der Waals surface area contributed by atoms with Crippen molar-refractivity contribution in [2.24, 2.45) is 5.73 Å². The Kier molecular flexibility index (Phi) is 5.34. The van der Waals surface area contributed by atoms with Crippen LogP contribution in [0.4, 0.5) is 11.5 Å². The molecule has 100 valence electrons. The molecule has 1 heterocycles. The maximum atomic E-state index is 11.2. The first-order valence-electron chi connectivity index (χ1n) is 5.50. The predicted octanol–water partition coefficient (Wildman–Crippen LogP) is -0.428. The average Bonchev–Trinajstić information content (AvgIpc) is 2.31. The van der Waals surface area contributed by atoms with Gasteiger partial charge in [-0.25, -0.2) is 4.98 Å². The van der Waals surface area contributed by atoms with E-state index in [0.29, 0.717) is 24.5 Å². The molecule has 7 heteroatoms. The van der Waals surface area contributed by atoms with Crippen molar-refractivity contribution in [2.75, 3.05) is 31.3 Å². The first-order chi connectivity index (χ1) is 8.54. The number of primary amides is 1. The third-order valence-electron chi connectivity index (χ3n) is 2.30. The molecular formula is C11H18N4O3. The number of aliphatic hydroxyl groups is 1. The topological polar surface area (TPSA) is 123 Å². The second kappa shape index (κ2) is 6.77. The molecule has 1 aromatic heterocycles. The van der Waals surface area contributed by atoms with Gasteiger partial charge in [0, 0.05) is 13.7 Å². The van der Waals surface area contributed by atoms with Crippen molar-refractivity contribution < 1.29 is 14.6 Å². The molecule has 18 heavy (non-hydrogen) atoms. The second-order valence-electron chi connectivity index (χ2n) is 3.85. The van der Waals surface area contributed by atoms with E-state index in [1.165, 1.54) is 19.4 Å². The molecule has 0 radical (unpaired) electrons. The standard InChI is InChI=1S/C11H18N4O3/c1-18-6-8(16)2-3-14-11-9(10(13)17)4-7(12)5-15-11/h4-5,8,16H,2-3,6,12H2,1H3,(H2,13,17)(H,14,15). The third-order valence-corrected chi connectivity index (χ3v) is 2.30. The Balaban J connectivity index is 2.59. The van der Waals surface area contributed by atoms with Crippen LogP contribution in [0.1, 0.15) is 16.8 Å². The maximum Gasteiger partial charge on any atom is 0.252 e. The number of nitrogens with one attached hydrogen (secondary N) is 1. The zero-order valence-corrected chi connectivity index (χ0v) is 10.2. The fraction of sp³-hybridized carbons (Fsp3) is 0.455. The lowest BCUT2D eigenvalue weighted by Gasteiger charge is -2.12. The van der Waals surface area contributed by atoms with Crippen LogP contribution in [0.5, 0.6) is 0 Å². The normalized spacial score (nSPS) is 12.1. The van der Waals surface area contributed by atoms with Crippen LogP contribution < -0.4 is 16.8 Å². The number of carbonyl (C=O) groups is 1. The number of amides is 1. The number of nitrogens with two attached hydrogens (primary N) is 2. The monoisotopic (exact) mass is 254 g/mol.